The molecule has 0 amide bonds. The maximum absolute atomic E-state index is 10.7. The van der Waals surface area contributed by atoms with Crippen LogP contribution in [-0.4, -0.2) is 4.92 Å². The van der Waals surface area contributed by atoms with Gasteiger partial charge in [-0.15, -0.1) is 6.58 Å². The Bertz CT molecular complexity index is 649. The van der Waals surface area contributed by atoms with E-state index in [1.54, 1.807) is 12.1 Å². The van der Waals surface area contributed by atoms with E-state index in [1.807, 2.05) is 24.3 Å². The van der Waals surface area contributed by atoms with Crippen molar-refractivity contribution in [3.05, 3.63) is 82.9 Å². The third-order valence-corrected chi connectivity index (χ3v) is 3.79. The van der Waals surface area contributed by atoms with Crippen LogP contribution in [0.25, 0.3) is 0 Å². The Labute approximate surface area is 130 Å². The van der Waals surface area contributed by atoms with Gasteiger partial charge in [0.15, 0.2) is 0 Å². The molecule has 0 saturated heterocycles. The molecule has 0 aliphatic rings. The minimum atomic E-state index is -0.397. The van der Waals surface area contributed by atoms with Crippen LogP contribution in [0.15, 0.2) is 67.3 Å². The number of hydrogen-bond acceptors (Lipinski definition) is 3. The van der Waals surface area contributed by atoms with Crippen molar-refractivity contribution < 1.29 is 4.92 Å². The first-order chi connectivity index (χ1) is 10.4. The van der Waals surface area contributed by atoms with Gasteiger partial charge in [-0.3, -0.25) is 10.1 Å². The molecule has 2 aromatic rings. The standard InChI is InChI=1S/C18H20N2O2/c1-4-18(2,3)17(14-8-6-5-7-9-14)19-15-10-12-16(13-11-15)20(21)22/h4-13,17,19H,1H2,2-3H3. The quantitative estimate of drug-likeness (QED) is 0.465. The highest BCUT2D eigenvalue weighted by molar-refractivity contribution is 5.50. The average Bonchev–Trinajstić information content (AvgIpc) is 2.53. The number of anilines is 1. The molecule has 2 aromatic carbocycles. The number of nitro groups is 1. The van der Waals surface area contributed by atoms with E-state index in [0.29, 0.717) is 0 Å². The predicted octanol–water partition coefficient (Wildman–Crippen LogP) is 4.96. The Kier molecular flexibility index (Phi) is 4.61. The van der Waals surface area contributed by atoms with E-state index < -0.39 is 4.92 Å². The number of non-ortho nitro benzene ring substituents is 1. The number of rotatable bonds is 6. The largest absolute Gasteiger partial charge is 0.377 e. The van der Waals surface area contributed by atoms with E-state index in [2.05, 4.69) is 37.9 Å². The highest BCUT2D eigenvalue weighted by Crippen LogP contribution is 2.37. The summed E-state index contributed by atoms with van der Waals surface area (Å²) in [6, 6.07) is 16.6. The van der Waals surface area contributed by atoms with Crippen molar-refractivity contribution >= 4 is 11.4 Å². The minimum Gasteiger partial charge on any atom is -0.377 e. The van der Waals surface area contributed by atoms with Gasteiger partial charge in [0, 0.05) is 23.2 Å². The lowest BCUT2D eigenvalue weighted by Gasteiger charge is -2.33. The second kappa shape index (κ2) is 6.43. The zero-order valence-corrected chi connectivity index (χ0v) is 12.8. The molecular formula is C18H20N2O2. The first kappa shape index (κ1) is 15.8. The summed E-state index contributed by atoms with van der Waals surface area (Å²) in [4.78, 5) is 10.3. The van der Waals surface area contributed by atoms with Crippen LogP contribution in [0, 0.1) is 15.5 Å². The monoisotopic (exact) mass is 296 g/mol. The highest BCUT2D eigenvalue weighted by Gasteiger charge is 2.27. The van der Waals surface area contributed by atoms with Gasteiger partial charge in [0.05, 0.1) is 11.0 Å². The van der Waals surface area contributed by atoms with Crippen LogP contribution in [0.2, 0.25) is 0 Å². The molecule has 0 fully saturated rings. The number of benzene rings is 2. The fourth-order valence-corrected chi connectivity index (χ4v) is 2.31. The van der Waals surface area contributed by atoms with Gasteiger partial charge in [0.2, 0.25) is 0 Å². The fourth-order valence-electron chi connectivity index (χ4n) is 2.31. The van der Waals surface area contributed by atoms with Crippen molar-refractivity contribution in [1.82, 2.24) is 0 Å². The molecule has 0 aliphatic heterocycles. The highest BCUT2D eigenvalue weighted by atomic mass is 16.6. The lowest BCUT2D eigenvalue weighted by molar-refractivity contribution is -0.384. The van der Waals surface area contributed by atoms with Crippen LogP contribution in [0.3, 0.4) is 0 Å². The molecule has 0 aliphatic carbocycles. The van der Waals surface area contributed by atoms with E-state index in [4.69, 9.17) is 0 Å². The molecule has 114 valence electrons. The first-order valence-corrected chi connectivity index (χ1v) is 7.13. The van der Waals surface area contributed by atoms with Gasteiger partial charge in [-0.05, 0) is 17.7 Å². The number of nitrogens with one attached hydrogen (secondary N) is 1. The van der Waals surface area contributed by atoms with E-state index in [9.17, 15) is 10.1 Å². The van der Waals surface area contributed by atoms with Gasteiger partial charge in [-0.1, -0.05) is 50.3 Å². The number of nitro benzene ring substituents is 1. The molecule has 0 heterocycles. The zero-order valence-electron chi connectivity index (χ0n) is 12.8. The van der Waals surface area contributed by atoms with Crippen LogP contribution in [-0.2, 0) is 0 Å². The molecular weight excluding hydrogens is 276 g/mol. The lowest BCUT2D eigenvalue weighted by atomic mass is 9.80. The molecule has 1 atom stereocenters. The smallest absolute Gasteiger partial charge is 0.269 e. The average molecular weight is 296 g/mol. The molecule has 1 N–H and O–H groups in total. The Hall–Kier alpha value is -2.62. The SMILES string of the molecule is C=CC(C)(C)C(Nc1ccc([N+](=O)[O-])cc1)c1ccccc1. The normalized spacial score (nSPS) is 12.5. The predicted molar refractivity (Wildman–Crippen MR) is 89.9 cm³/mol. The van der Waals surface area contributed by atoms with E-state index >= 15 is 0 Å². The summed E-state index contributed by atoms with van der Waals surface area (Å²) >= 11 is 0. The van der Waals surface area contributed by atoms with Gasteiger partial charge in [-0.2, -0.15) is 0 Å². The summed E-state index contributed by atoms with van der Waals surface area (Å²) in [5.41, 5.74) is 1.90. The van der Waals surface area contributed by atoms with Crippen molar-refractivity contribution in [3.8, 4) is 0 Å². The van der Waals surface area contributed by atoms with Crippen LogP contribution in [0.5, 0.6) is 0 Å². The molecule has 0 saturated carbocycles. The molecule has 0 spiro atoms. The molecule has 0 bridgehead atoms. The van der Waals surface area contributed by atoms with Gasteiger partial charge in [0.25, 0.3) is 5.69 Å². The zero-order chi connectivity index (χ0) is 16.2. The molecule has 4 heteroatoms. The van der Waals surface area contributed by atoms with Crippen molar-refractivity contribution in [1.29, 1.82) is 0 Å². The molecule has 4 nitrogen and oxygen atoms in total. The van der Waals surface area contributed by atoms with Gasteiger partial charge < -0.3 is 5.32 Å². The summed E-state index contributed by atoms with van der Waals surface area (Å²) in [6.45, 7) is 8.14. The number of hydrogen-bond donors (Lipinski definition) is 1. The maximum Gasteiger partial charge on any atom is 0.269 e. The van der Waals surface area contributed by atoms with Crippen molar-refractivity contribution in [2.75, 3.05) is 5.32 Å². The molecule has 2 rings (SSSR count). The third-order valence-electron chi connectivity index (χ3n) is 3.79. The van der Waals surface area contributed by atoms with Crippen LogP contribution >= 0.6 is 0 Å². The van der Waals surface area contributed by atoms with E-state index in [0.717, 1.165) is 11.3 Å². The molecule has 0 radical (unpaired) electrons. The summed E-state index contributed by atoms with van der Waals surface area (Å²) in [5, 5.41) is 14.2. The van der Waals surface area contributed by atoms with Gasteiger partial charge in [0.1, 0.15) is 0 Å². The molecule has 22 heavy (non-hydrogen) atoms. The molecule has 1 unspecified atom stereocenters. The summed E-state index contributed by atoms with van der Waals surface area (Å²) in [6.07, 6.45) is 1.92. The second-order valence-corrected chi connectivity index (χ2v) is 5.82. The second-order valence-electron chi connectivity index (χ2n) is 5.82. The van der Waals surface area contributed by atoms with E-state index in [1.165, 1.54) is 12.1 Å². The van der Waals surface area contributed by atoms with Gasteiger partial charge in [-0.25, -0.2) is 0 Å². The van der Waals surface area contributed by atoms with Crippen molar-refractivity contribution in [2.45, 2.75) is 19.9 Å². The van der Waals surface area contributed by atoms with Crippen molar-refractivity contribution in [3.63, 3.8) is 0 Å². The topological polar surface area (TPSA) is 55.2 Å². The lowest BCUT2D eigenvalue weighted by Crippen LogP contribution is -2.26. The van der Waals surface area contributed by atoms with E-state index in [-0.39, 0.29) is 17.1 Å². The Morgan fingerprint density at radius 3 is 2.23 bits per heavy atom. The Morgan fingerprint density at radius 2 is 1.73 bits per heavy atom. The summed E-state index contributed by atoms with van der Waals surface area (Å²) in [7, 11) is 0. The van der Waals surface area contributed by atoms with Gasteiger partial charge >= 0.3 is 0 Å². The van der Waals surface area contributed by atoms with Crippen LogP contribution < -0.4 is 5.32 Å². The summed E-state index contributed by atoms with van der Waals surface area (Å²) < 4.78 is 0. The van der Waals surface area contributed by atoms with Crippen LogP contribution in [0.1, 0.15) is 25.5 Å². The van der Waals surface area contributed by atoms with Crippen LogP contribution in [0.4, 0.5) is 11.4 Å². The van der Waals surface area contributed by atoms with Crippen molar-refractivity contribution in [2.24, 2.45) is 5.41 Å². The number of nitrogens with zero attached hydrogens (tertiary/aromatic N) is 1. The molecule has 0 aromatic heterocycles. The minimum absolute atomic E-state index is 0.0210. The summed E-state index contributed by atoms with van der Waals surface area (Å²) in [5.74, 6) is 0. The first-order valence-electron chi connectivity index (χ1n) is 7.13. The third kappa shape index (κ3) is 3.52. The maximum atomic E-state index is 10.7. The fraction of sp³-hybridized carbons (Fsp3) is 0.222. The Balaban J connectivity index is 2.31. The Morgan fingerprint density at radius 1 is 1.14 bits per heavy atom.